The van der Waals surface area contributed by atoms with E-state index in [-0.39, 0.29) is 24.2 Å². The molecule has 188 valence electrons. The fraction of sp³-hybridized carbons (Fsp3) is 0.346. The molecule has 0 amide bonds. The number of hydrogen-bond donors (Lipinski definition) is 2. The van der Waals surface area contributed by atoms with Crippen LogP contribution in [0, 0.1) is 0 Å². The van der Waals surface area contributed by atoms with Gasteiger partial charge in [0.1, 0.15) is 11.7 Å². The van der Waals surface area contributed by atoms with Crippen LogP contribution in [-0.2, 0) is 0 Å². The normalized spacial score (nSPS) is 17.8. The molecule has 0 spiro atoms. The molecule has 0 radical (unpaired) electrons. The number of alkyl halides is 3. The van der Waals surface area contributed by atoms with E-state index in [2.05, 4.69) is 22.1 Å². The van der Waals surface area contributed by atoms with Gasteiger partial charge in [-0.15, -0.1) is 10.2 Å². The van der Waals surface area contributed by atoms with Crippen LogP contribution in [0.1, 0.15) is 37.4 Å². The highest BCUT2D eigenvalue weighted by Crippen LogP contribution is 2.39. The van der Waals surface area contributed by atoms with Gasteiger partial charge in [0.25, 0.3) is 0 Å². The SMILES string of the molecule is C=C(NC(C)C)c1ccc2ccc(-c3nnc4ccc([C@H](N5CC[C@@H](N)C5)C(F)(F)F)cn34)nc2c1. The highest BCUT2D eigenvalue weighted by molar-refractivity contribution is 5.84. The first-order valence-electron chi connectivity index (χ1n) is 11.9. The summed E-state index contributed by atoms with van der Waals surface area (Å²) in [6.45, 7) is 8.66. The Labute approximate surface area is 206 Å². The molecule has 0 unspecified atom stereocenters. The number of aromatic nitrogens is 4. The summed E-state index contributed by atoms with van der Waals surface area (Å²) < 4.78 is 44.0. The second-order valence-corrected chi connectivity index (χ2v) is 9.58. The maximum absolute atomic E-state index is 14.1. The molecular weight excluding hydrogens is 467 g/mol. The van der Waals surface area contributed by atoms with Crippen molar-refractivity contribution < 1.29 is 13.2 Å². The molecule has 36 heavy (non-hydrogen) atoms. The van der Waals surface area contributed by atoms with Crippen molar-refractivity contribution in [2.24, 2.45) is 5.73 Å². The Morgan fingerprint density at radius 2 is 1.92 bits per heavy atom. The first kappa shape index (κ1) is 24.2. The zero-order chi connectivity index (χ0) is 25.6. The standard InChI is InChI=1S/C26H28F3N7/c1-15(2)31-16(3)18-5-4-17-6-8-21(32-22(17)12-18)25-34-33-23-9-7-19(13-36(23)25)24(26(27,28)29)35-11-10-20(30)14-35/h4-9,12-13,15,20,24,31H,3,10-11,14,30H2,1-2H3/t20-,24+/m1/s1. The predicted molar refractivity (Wildman–Crippen MR) is 134 cm³/mol. The third kappa shape index (κ3) is 4.66. The molecule has 1 aliphatic rings. The topological polar surface area (TPSA) is 84.4 Å². The molecule has 5 rings (SSSR count). The lowest BCUT2D eigenvalue weighted by molar-refractivity contribution is -0.183. The van der Waals surface area contributed by atoms with Crippen LogP contribution < -0.4 is 11.1 Å². The summed E-state index contributed by atoms with van der Waals surface area (Å²) in [5.41, 5.74) is 9.40. The fourth-order valence-corrected chi connectivity index (χ4v) is 4.76. The minimum Gasteiger partial charge on any atom is -0.383 e. The van der Waals surface area contributed by atoms with Crippen molar-refractivity contribution in [1.82, 2.24) is 29.8 Å². The van der Waals surface area contributed by atoms with E-state index in [0.29, 0.717) is 30.1 Å². The van der Waals surface area contributed by atoms with Gasteiger partial charge in [0.05, 0.1) is 5.52 Å². The molecule has 1 aromatic carbocycles. The second kappa shape index (κ2) is 9.18. The zero-order valence-corrected chi connectivity index (χ0v) is 20.1. The van der Waals surface area contributed by atoms with E-state index < -0.39 is 12.2 Å². The van der Waals surface area contributed by atoms with Crippen molar-refractivity contribution in [3.05, 3.63) is 66.4 Å². The van der Waals surface area contributed by atoms with Crippen LogP contribution in [0.2, 0.25) is 0 Å². The van der Waals surface area contributed by atoms with Crippen molar-refractivity contribution in [3.8, 4) is 11.5 Å². The van der Waals surface area contributed by atoms with Gasteiger partial charge in [-0.2, -0.15) is 13.2 Å². The number of rotatable bonds is 6. The van der Waals surface area contributed by atoms with E-state index in [0.717, 1.165) is 22.2 Å². The molecule has 0 bridgehead atoms. The summed E-state index contributed by atoms with van der Waals surface area (Å²) >= 11 is 0. The average Bonchev–Trinajstić information content (AvgIpc) is 3.43. The van der Waals surface area contributed by atoms with E-state index >= 15 is 0 Å². The van der Waals surface area contributed by atoms with Gasteiger partial charge >= 0.3 is 6.18 Å². The maximum Gasteiger partial charge on any atom is 0.408 e. The summed E-state index contributed by atoms with van der Waals surface area (Å²) in [6, 6.07) is 10.8. The number of nitrogens with two attached hydrogens (primary N) is 1. The number of hydrogen-bond acceptors (Lipinski definition) is 6. The molecule has 1 saturated heterocycles. The number of benzene rings is 1. The predicted octanol–water partition coefficient (Wildman–Crippen LogP) is 4.55. The minimum atomic E-state index is -4.45. The van der Waals surface area contributed by atoms with Crippen molar-refractivity contribution >= 4 is 22.2 Å². The number of pyridine rings is 2. The Morgan fingerprint density at radius 1 is 1.14 bits per heavy atom. The van der Waals surface area contributed by atoms with Gasteiger partial charge < -0.3 is 11.1 Å². The minimum absolute atomic E-state index is 0.115. The van der Waals surface area contributed by atoms with Crippen LogP contribution in [0.25, 0.3) is 33.8 Å². The summed E-state index contributed by atoms with van der Waals surface area (Å²) in [4.78, 5) is 6.15. The number of nitrogens with zero attached hydrogens (tertiary/aromatic N) is 5. The molecule has 7 nitrogen and oxygen atoms in total. The first-order valence-corrected chi connectivity index (χ1v) is 11.9. The van der Waals surface area contributed by atoms with Crippen molar-refractivity contribution in [1.29, 1.82) is 0 Å². The van der Waals surface area contributed by atoms with Gasteiger partial charge in [-0.05, 0) is 49.6 Å². The van der Waals surface area contributed by atoms with Crippen LogP contribution in [-0.4, -0.2) is 55.8 Å². The summed E-state index contributed by atoms with van der Waals surface area (Å²) in [7, 11) is 0. The lowest BCUT2D eigenvalue weighted by Crippen LogP contribution is -2.38. The monoisotopic (exact) mass is 495 g/mol. The van der Waals surface area contributed by atoms with E-state index in [1.807, 2.05) is 38.1 Å². The van der Waals surface area contributed by atoms with Gasteiger partial charge in [0, 0.05) is 42.5 Å². The van der Waals surface area contributed by atoms with Crippen LogP contribution in [0.5, 0.6) is 0 Å². The number of halogens is 3. The summed E-state index contributed by atoms with van der Waals surface area (Å²) in [5, 5.41) is 12.6. The number of likely N-dealkylation sites (tertiary alicyclic amines) is 1. The summed E-state index contributed by atoms with van der Waals surface area (Å²) in [5.74, 6) is 0.373. The average molecular weight is 496 g/mol. The van der Waals surface area contributed by atoms with Crippen molar-refractivity contribution in [2.75, 3.05) is 13.1 Å². The van der Waals surface area contributed by atoms with E-state index in [1.54, 1.807) is 16.5 Å². The Balaban J connectivity index is 1.55. The molecule has 10 heteroatoms. The smallest absolute Gasteiger partial charge is 0.383 e. The van der Waals surface area contributed by atoms with Crippen LogP contribution in [0.15, 0.2) is 55.2 Å². The van der Waals surface area contributed by atoms with Crippen LogP contribution in [0.3, 0.4) is 0 Å². The van der Waals surface area contributed by atoms with Gasteiger partial charge in [0.2, 0.25) is 0 Å². The summed E-state index contributed by atoms with van der Waals surface area (Å²) in [6.07, 6.45) is -2.45. The third-order valence-corrected chi connectivity index (χ3v) is 6.40. The van der Waals surface area contributed by atoms with E-state index in [9.17, 15) is 13.2 Å². The maximum atomic E-state index is 14.1. The van der Waals surface area contributed by atoms with Gasteiger partial charge in [-0.3, -0.25) is 9.30 Å². The van der Waals surface area contributed by atoms with Crippen molar-refractivity contribution in [3.63, 3.8) is 0 Å². The molecule has 0 saturated carbocycles. The largest absolute Gasteiger partial charge is 0.408 e. The fourth-order valence-electron chi connectivity index (χ4n) is 4.76. The molecular formula is C26H28F3N7. The van der Waals surface area contributed by atoms with Gasteiger partial charge in [-0.1, -0.05) is 30.8 Å². The Hall–Kier alpha value is -3.50. The van der Waals surface area contributed by atoms with E-state index in [4.69, 9.17) is 10.7 Å². The van der Waals surface area contributed by atoms with Crippen LogP contribution >= 0.6 is 0 Å². The van der Waals surface area contributed by atoms with E-state index in [1.165, 1.54) is 17.2 Å². The quantitative estimate of drug-likeness (QED) is 0.408. The Bertz CT molecular complexity index is 1430. The lowest BCUT2D eigenvalue weighted by atomic mass is 10.1. The molecule has 4 aromatic rings. The Kier molecular flexibility index (Phi) is 6.17. The van der Waals surface area contributed by atoms with Crippen molar-refractivity contribution in [2.45, 2.75) is 44.6 Å². The zero-order valence-electron chi connectivity index (χ0n) is 20.1. The Morgan fingerprint density at radius 3 is 2.61 bits per heavy atom. The second-order valence-electron chi connectivity index (χ2n) is 9.58. The lowest BCUT2D eigenvalue weighted by Gasteiger charge is -2.30. The molecule has 3 aromatic heterocycles. The molecule has 4 heterocycles. The highest BCUT2D eigenvalue weighted by atomic mass is 19.4. The first-order chi connectivity index (χ1) is 17.1. The number of nitrogens with one attached hydrogen (secondary N) is 1. The molecule has 0 aliphatic carbocycles. The van der Waals surface area contributed by atoms with Gasteiger partial charge in [0.15, 0.2) is 11.5 Å². The highest BCUT2D eigenvalue weighted by Gasteiger charge is 2.46. The molecule has 1 fully saturated rings. The van der Waals surface area contributed by atoms with Crippen LogP contribution in [0.4, 0.5) is 13.2 Å². The molecule has 3 N–H and O–H groups in total. The molecule has 2 atom stereocenters. The van der Waals surface area contributed by atoms with Gasteiger partial charge in [-0.25, -0.2) is 4.98 Å². The molecule has 1 aliphatic heterocycles. The number of fused-ring (bicyclic) bond motifs is 2. The third-order valence-electron chi connectivity index (χ3n) is 6.40.